The van der Waals surface area contributed by atoms with Crippen molar-refractivity contribution in [2.45, 2.75) is 64.0 Å². The quantitative estimate of drug-likeness (QED) is 0.738. The summed E-state index contributed by atoms with van der Waals surface area (Å²) < 4.78 is 0. The van der Waals surface area contributed by atoms with Crippen molar-refractivity contribution in [2.75, 3.05) is 7.05 Å². The number of phenols is 1. The zero-order valence-corrected chi connectivity index (χ0v) is 17.3. The lowest BCUT2D eigenvalue weighted by Gasteiger charge is -2.52. The van der Waals surface area contributed by atoms with Crippen molar-refractivity contribution in [3.63, 3.8) is 0 Å². The summed E-state index contributed by atoms with van der Waals surface area (Å²) >= 11 is 0. The average Bonchev–Trinajstić information content (AvgIpc) is 3.05. The summed E-state index contributed by atoms with van der Waals surface area (Å²) in [6.45, 7) is 3.66. The van der Waals surface area contributed by atoms with Crippen LogP contribution in [0.2, 0.25) is 0 Å². The van der Waals surface area contributed by atoms with Gasteiger partial charge >= 0.3 is 0 Å². The van der Waals surface area contributed by atoms with E-state index in [1.54, 1.807) is 0 Å². The Labute approximate surface area is 169 Å². The van der Waals surface area contributed by atoms with E-state index in [0.29, 0.717) is 23.1 Å². The van der Waals surface area contributed by atoms with Crippen LogP contribution in [0.3, 0.4) is 0 Å². The van der Waals surface area contributed by atoms with Gasteiger partial charge in [-0.25, -0.2) is 0 Å². The second-order valence-corrected chi connectivity index (χ2v) is 9.84. The summed E-state index contributed by atoms with van der Waals surface area (Å²) in [5, 5.41) is 9.89. The molecule has 3 aliphatic rings. The molecule has 1 N–H and O–H groups in total. The molecule has 0 radical (unpaired) electrons. The second-order valence-electron chi connectivity index (χ2n) is 9.84. The Morgan fingerprint density at radius 2 is 1.86 bits per heavy atom. The molecule has 0 aromatic heterocycles. The molecule has 5 atom stereocenters. The first-order chi connectivity index (χ1) is 13.6. The molecular formula is C26H33NO. The molecular weight excluding hydrogens is 342 g/mol. The summed E-state index contributed by atoms with van der Waals surface area (Å²) in [6, 6.07) is 17.8. The van der Waals surface area contributed by atoms with Crippen LogP contribution in [0.25, 0.3) is 0 Å². The maximum Gasteiger partial charge on any atom is 0.115 e. The highest BCUT2D eigenvalue weighted by molar-refractivity contribution is 5.40. The van der Waals surface area contributed by atoms with Gasteiger partial charge in [-0.3, -0.25) is 4.90 Å². The van der Waals surface area contributed by atoms with Gasteiger partial charge in [0.1, 0.15) is 5.75 Å². The van der Waals surface area contributed by atoms with Crippen molar-refractivity contribution in [2.24, 2.45) is 17.3 Å². The predicted molar refractivity (Wildman–Crippen MR) is 114 cm³/mol. The van der Waals surface area contributed by atoms with Gasteiger partial charge in [0.05, 0.1) is 0 Å². The molecule has 28 heavy (non-hydrogen) atoms. The molecule has 2 aromatic rings. The number of benzene rings is 2. The first-order valence-electron chi connectivity index (χ1n) is 11.1. The largest absolute Gasteiger partial charge is 0.508 e. The van der Waals surface area contributed by atoms with Gasteiger partial charge in [-0.15, -0.1) is 0 Å². The Balaban J connectivity index is 1.37. The van der Waals surface area contributed by atoms with E-state index in [0.717, 1.165) is 24.8 Å². The van der Waals surface area contributed by atoms with Gasteiger partial charge in [-0.05, 0) is 97.6 Å². The molecule has 0 aliphatic heterocycles. The number of aromatic hydroxyl groups is 1. The lowest BCUT2D eigenvalue weighted by Crippen LogP contribution is -2.48. The molecule has 0 heterocycles. The first-order valence-corrected chi connectivity index (χ1v) is 11.1. The number of rotatable bonds is 3. The number of fused-ring (bicyclic) bond motifs is 5. The summed E-state index contributed by atoms with van der Waals surface area (Å²) in [5.41, 5.74) is 4.81. The van der Waals surface area contributed by atoms with Crippen molar-refractivity contribution in [1.29, 1.82) is 0 Å². The molecule has 0 saturated heterocycles. The Morgan fingerprint density at radius 3 is 2.68 bits per heavy atom. The highest BCUT2D eigenvalue weighted by Gasteiger charge is 2.55. The fourth-order valence-corrected chi connectivity index (χ4v) is 7.25. The molecule has 2 nitrogen and oxygen atoms in total. The minimum atomic E-state index is 0.432. The minimum absolute atomic E-state index is 0.432. The van der Waals surface area contributed by atoms with Crippen LogP contribution < -0.4 is 0 Å². The fourth-order valence-electron chi connectivity index (χ4n) is 7.25. The zero-order chi connectivity index (χ0) is 19.3. The third-order valence-corrected chi connectivity index (χ3v) is 8.47. The van der Waals surface area contributed by atoms with Gasteiger partial charge in [-0.1, -0.05) is 43.3 Å². The predicted octanol–water partition coefficient (Wildman–Crippen LogP) is 5.75. The van der Waals surface area contributed by atoms with E-state index < -0.39 is 0 Å². The van der Waals surface area contributed by atoms with Gasteiger partial charge in [0.2, 0.25) is 0 Å². The zero-order valence-electron chi connectivity index (χ0n) is 17.3. The molecule has 0 bridgehead atoms. The number of hydrogen-bond donors (Lipinski definition) is 1. The van der Waals surface area contributed by atoms with Crippen LogP contribution in [0.4, 0.5) is 0 Å². The van der Waals surface area contributed by atoms with Crippen molar-refractivity contribution < 1.29 is 5.11 Å². The molecule has 2 saturated carbocycles. The highest BCUT2D eigenvalue weighted by Crippen LogP contribution is 2.61. The molecule has 2 fully saturated rings. The molecule has 148 valence electrons. The Bertz CT molecular complexity index is 847. The standard InChI is InChI=1S/C26H33NO/c1-26-15-14-22-21-11-9-20(28)16-19(21)8-10-23(22)24(26)12-13-25(26)27(2)17-18-6-4-3-5-7-18/h3-7,9,11,16,22-25,28H,8,10,12-15,17H2,1-2H3/t22?,23?,24?,25-,26-/m0/s1. The topological polar surface area (TPSA) is 23.5 Å². The highest BCUT2D eigenvalue weighted by atomic mass is 16.3. The van der Waals surface area contributed by atoms with E-state index in [-0.39, 0.29) is 0 Å². The SMILES string of the molecule is CN(Cc1ccccc1)[C@H]1CCC2C3CCc4cc(O)ccc4C3CC[C@@]21C. The molecule has 3 unspecified atom stereocenters. The van der Waals surface area contributed by atoms with Crippen molar-refractivity contribution in [3.05, 3.63) is 65.2 Å². The maximum atomic E-state index is 9.89. The normalized spacial score (nSPS) is 34.0. The van der Waals surface area contributed by atoms with E-state index >= 15 is 0 Å². The van der Waals surface area contributed by atoms with Crippen LogP contribution in [0.5, 0.6) is 5.75 Å². The van der Waals surface area contributed by atoms with Gasteiger partial charge in [0.25, 0.3) is 0 Å². The van der Waals surface area contributed by atoms with Crippen LogP contribution in [-0.2, 0) is 13.0 Å². The van der Waals surface area contributed by atoms with Crippen LogP contribution in [0.1, 0.15) is 61.6 Å². The smallest absolute Gasteiger partial charge is 0.115 e. The molecule has 0 spiro atoms. The van der Waals surface area contributed by atoms with Gasteiger partial charge < -0.3 is 5.11 Å². The average molecular weight is 376 g/mol. The van der Waals surface area contributed by atoms with Crippen molar-refractivity contribution in [1.82, 2.24) is 4.90 Å². The molecule has 5 rings (SSSR count). The minimum Gasteiger partial charge on any atom is -0.508 e. The van der Waals surface area contributed by atoms with E-state index in [4.69, 9.17) is 0 Å². The monoisotopic (exact) mass is 375 g/mol. The Kier molecular flexibility index (Phi) is 4.50. The van der Waals surface area contributed by atoms with E-state index in [1.807, 2.05) is 12.1 Å². The summed E-state index contributed by atoms with van der Waals surface area (Å²) in [7, 11) is 2.34. The maximum absolute atomic E-state index is 9.89. The number of phenolic OH excluding ortho intramolecular Hbond substituents is 1. The van der Waals surface area contributed by atoms with Gasteiger partial charge in [-0.2, -0.15) is 0 Å². The van der Waals surface area contributed by atoms with E-state index in [2.05, 4.69) is 55.3 Å². The van der Waals surface area contributed by atoms with Crippen LogP contribution in [0.15, 0.2) is 48.5 Å². The van der Waals surface area contributed by atoms with E-state index in [1.165, 1.54) is 48.8 Å². The number of aryl methyl sites for hydroxylation is 1. The lowest BCUT2D eigenvalue weighted by atomic mass is 9.55. The molecule has 0 amide bonds. The third kappa shape index (κ3) is 2.88. The number of nitrogens with zero attached hydrogens (tertiary/aromatic N) is 1. The Hall–Kier alpha value is -1.80. The third-order valence-electron chi connectivity index (χ3n) is 8.47. The van der Waals surface area contributed by atoms with Crippen LogP contribution >= 0.6 is 0 Å². The Morgan fingerprint density at radius 1 is 1.04 bits per heavy atom. The van der Waals surface area contributed by atoms with Crippen LogP contribution in [-0.4, -0.2) is 23.1 Å². The molecule has 3 aliphatic carbocycles. The van der Waals surface area contributed by atoms with Crippen LogP contribution in [0, 0.1) is 17.3 Å². The summed E-state index contributed by atoms with van der Waals surface area (Å²) in [5.74, 6) is 2.81. The molecule has 2 heteroatoms. The van der Waals surface area contributed by atoms with Gasteiger partial charge in [0, 0.05) is 12.6 Å². The summed E-state index contributed by atoms with van der Waals surface area (Å²) in [4.78, 5) is 2.64. The van der Waals surface area contributed by atoms with Crippen molar-refractivity contribution in [3.8, 4) is 5.75 Å². The summed E-state index contributed by atoms with van der Waals surface area (Å²) in [6.07, 6.45) is 7.82. The van der Waals surface area contributed by atoms with Gasteiger partial charge in [0.15, 0.2) is 0 Å². The number of hydrogen-bond acceptors (Lipinski definition) is 2. The second kappa shape index (κ2) is 6.91. The van der Waals surface area contributed by atoms with Crippen molar-refractivity contribution >= 4 is 0 Å². The van der Waals surface area contributed by atoms with E-state index in [9.17, 15) is 5.11 Å². The fraction of sp³-hybridized carbons (Fsp3) is 0.538. The first kappa shape index (κ1) is 18.2. The lowest BCUT2D eigenvalue weighted by molar-refractivity contribution is 0.00531. The molecule has 2 aromatic carbocycles.